The van der Waals surface area contributed by atoms with Crippen LogP contribution in [-0.4, -0.2) is 50.2 Å². The molecule has 0 bridgehead atoms. The molecule has 1 N–H and O–H groups in total. The Bertz CT molecular complexity index is 479. The molecule has 0 aromatic rings. The van der Waals surface area contributed by atoms with Crippen LogP contribution in [0.2, 0.25) is 0 Å². The van der Waals surface area contributed by atoms with E-state index in [0.717, 1.165) is 31.6 Å². The van der Waals surface area contributed by atoms with Crippen molar-refractivity contribution in [1.29, 1.82) is 0 Å². The lowest BCUT2D eigenvalue weighted by atomic mass is 10.0. The van der Waals surface area contributed by atoms with Crippen LogP contribution in [0.5, 0.6) is 0 Å². The second-order valence-corrected chi connectivity index (χ2v) is 11.8. The van der Waals surface area contributed by atoms with Gasteiger partial charge < -0.3 is 15.0 Å². The summed E-state index contributed by atoms with van der Waals surface area (Å²) in [6.45, 7) is 11.4. The average Bonchev–Trinajstić information content (AvgIpc) is 3.43. The van der Waals surface area contributed by atoms with Crippen LogP contribution in [0.4, 0.5) is 0 Å². The van der Waals surface area contributed by atoms with E-state index in [0.29, 0.717) is 13.0 Å². The van der Waals surface area contributed by atoms with E-state index >= 15 is 0 Å². The monoisotopic (exact) mass is 523 g/mol. The normalized spacial score (nSPS) is 15.6. The fourth-order valence-corrected chi connectivity index (χ4v) is 5.58. The molecule has 1 unspecified atom stereocenters. The molecule has 1 atom stereocenters. The highest BCUT2D eigenvalue weighted by Gasteiger charge is 2.15. The number of esters is 1. The topological polar surface area (TPSA) is 41.6 Å². The van der Waals surface area contributed by atoms with Crippen LogP contribution in [-0.2, 0) is 9.53 Å². The lowest BCUT2D eigenvalue weighted by Crippen LogP contribution is -2.29. The van der Waals surface area contributed by atoms with Crippen LogP contribution < -0.4 is 5.32 Å². The van der Waals surface area contributed by atoms with Crippen molar-refractivity contribution >= 4 is 5.97 Å². The Kier molecular flexibility index (Phi) is 25.1. The molecule has 1 heterocycles. The highest BCUT2D eigenvalue weighted by atomic mass is 16.5. The van der Waals surface area contributed by atoms with Gasteiger partial charge in [0, 0.05) is 6.42 Å². The molecule has 0 saturated carbocycles. The predicted octanol–water partition coefficient (Wildman–Crippen LogP) is 9.06. The zero-order chi connectivity index (χ0) is 26.7. The number of unbranched alkanes of at least 4 members (excludes halogenated alkanes) is 17. The minimum atomic E-state index is 0.00564. The Morgan fingerprint density at radius 1 is 0.676 bits per heavy atom. The zero-order valence-corrected chi connectivity index (χ0v) is 25.3. The second kappa shape index (κ2) is 27.0. The highest BCUT2D eigenvalue weighted by molar-refractivity contribution is 5.69. The predicted molar refractivity (Wildman–Crippen MR) is 161 cm³/mol. The largest absolute Gasteiger partial charge is 0.466 e. The van der Waals surface area contributed by atoms with Gasteiger partial charge in [-0.3, -0.25) is 4.79 Å². The van der Waals surface area contributed by atoms with Crippen molar-refractivity contribution in [3.8, 4) is 0 Å². The van der Waals surface area contributed by atoms with Crippen molar-refractivity contribution in [3.63, 3.8) is 0 Å². The quantitative estimate of drug-likeness (QED) is 0.0822. The Morgan fingerprint density at radius 2 is 1.19 bits per heavy atom. The molecule has 0 aromatic heterocycles. The molecule has 0 aliphatic carbocycles. The third-order valence-electron chi connectivity index (χ3n) is 8.21. The minimum Gasteiger partial charge on any atom is -0.466 e. The van der Waals surface area contributed by atoms with Gasteiger partial charge in [0.05, 0.1) is 6.61 Å². The van der Waals surface area contributed by atoms with E-state index in [4.69, 9.17) is 4.74 Å². The first-order valence-electron chi connectivity index (χ1n) is 16.8. The van der Waals surface area contributed by atoms with Gasteiger partial charge in [-0.15, -0.1) is 0 Å². The average molecular weight is 523 g/mol. The van der Waals surface area contributed by atoms with Gasteiger partial charge in [-0.25, -0.2) is 0 Å². The number of nitrogens with one attached hydrogen (secondary N) is 1. The molecule has 0 aromatic carbocycles. The Balaban J connectivity index is 2.04. The number of rotatable bonds is 28. The molecule has 0 amide bonds. The van der Waals surface area contributed by atoms with E-state index in [2.05, 4.69) is 24.1 Å². The second-order valence-electron chi connectivity index (χ2n) is 11.8. The molecule has 4 heteroatoms. The van der Waals surface area contributed by atoms with E-state index in [1.807, 2.05) is 0 Å². The van der Waals surface area contributed by atoms with Crippen LogP contribution in [0.1, 0.15) is 162 Å². The van der Waals surface area contributed by atoms with Gasteiger partial charge >= 0.3 is 5.97 Å². The summed E-state index contributed by atoms with van der Waals surface area (Å²) in [6, 6.07) is 0. The number of carbonyl (C=O) groups is 1. The standard InChI is InChI=1S/C33H66N2O2/c1-3-5-7-8-9-10-11-12-13-14-17-20-27-35(29-25-32-24-26-34-31-32)28-21-18-15-16-19-23-33(36)37-30-22-6-4-2/h32,34H,3-31H2,1-2H3. The molecule has 4 nitrogen and oxygen atoms in total. The maximum absolute atomic E-state index is 11.8. The summed E-state index contributed by atoms with van der Waals surface area (Å²) < 4.78 is 5.32. The molecule has 1 aliphatic rings. The summed E-state index contributed by atoms with van der Waals surface area (Å²) in [4.78, 5) is 14.6. The molecule has 0 radical (unpaired) electrons. The zero-order valence-electron chi connectivity index (χ0n) is 25.3. The third kappa shape index (κ3) is 23.0. The molecule has 220 valence electrons. The molecule has 1 saturated heterocycles. The molecule has 0 spiro atoms. The van der Waals surface area contributed by atoms with Crippen LogP contribution in [0.3, 0.4) is 0 Å². The van der Waals surface area contributed by atoms with E-state index in [1.165, 1.54) is 148 Å². The molecular formula is C33H66N2O2. The van der Waals surface area contributed by atoms with Crippen LogP contribution >= 0.6 is 0 Å². The lowest BCUT2D eigenvalue weighted by Gasteiger charge is -2.24. The first-order valence-corrected chi connectivity index (χ1v) is 16.8. The number of hydrogen-bond acceptors (Lipinski definition) is 4. The molecule has 1 rings (SSSR count). The van der Waals surface area contributed by atoms with E-state index in [1.54, 1.807) is 0 Å². The first-order chi connectivity index (χ1) is 18.3. The van der Waals surface area contributed by atoms with Gasteiger partial charge in [-0.05, 0) is 77.2 Å². The number of carbonyl (C=O) groups excluding carboxylic acids is 1. The Labute approximate surface area is 232 Å². The van der Waals surface area contributed by atoms with Crippen molar-refractivity contribution in [2.75, 3.05) is 39.3 Å². The maximum Gasteiger partial charge on any atom is 0.305 e. The third-order valence-corrected chi connectivity index (χ3v) is 8.21. The Hall–Kier alpha value is -0.610. The molecule has 1 fully saturated rings. The maximum atomic E-state index is 11.8. The smallest absolute Gasteiger partial charge is 0.305 e. The van der Waals surface area contributed by atoms with Crippen molar-refractivity contribution < 1.29 is 9.53 Å². The summed E-state index contributed by atoms with van der Waals surface area (Å²) in [5.41, 5.74) is 0. The Morgan fingerprint density at radius 3 is 1.73 bits per heavy atom. The fraction of sp³-hybridized carbons (Fsp3) is 0.970. The lowest BCUT2D eigenvalue weighted by molar-refractivity contribution is -0.143. The summed E-state index contributed by atoms with van der Waals surface area (Å²) in [7, 11) is 0. The van der Waals surface area contributed by atoms with Gasteiger partial charge in [0.1, 0.15) is 0 Å². The van der Waals surface area contributed by atoms with E-state index in [-0.39, 0.29) is 5.97 Å². The van der Waals surface area contributed by atoms with Crippen molar-refractivity contribution in [2.45, 2.75) is 162 Å². The van der Waals surface area contributed by atoms with Gasteiger partial charge in [0.15, 0.2) is 0 Å². The van der Waals surface area contributed by atoms with Gasteiger partial charge in [-0.2, -0.15) is 0 Å². The van der Waals surface area contributed by atoms with Gasteiger partial charge in [0.25, 0.3) is 0 Å². The molecule has 37 heavy (non-hydrogen) atoms. The number of hydrogen-bond donors (Lipinski definition) is 1. The van der Waals surface area contributed by atoms with Crippen molar-refractivity contribution in [3.05, 3.63) is 0 Å². The number of ether oxygens (including phenoxy) is 1. The van der Waals surface area contributed by atoms with E-state index in [9.17, 15) is 4.79 Å². The highest BCUT2D eigenvalue weighted by Crippen LogP contribution is 2.16. The number of nitrogens with zero attached hydrogens (tertiary/aromatic N) is 1. The van der Waals surface area contributed by atoms with Gasteiger partial charge in [0.2, 0.25) is 0 Å². The first kappa shape index (κ1) is 34.4. The summed E-state index contributed by atoms with van der Waals surface area (Å²) in [5.74, 6) is 0.900. The van der Waals surface area contributed by atoms with Gasteiger partial charge in [-0.1, -0.05) is 117 Å². The van der Waals surface area contributed by atoms with Crippen molar-refractivity contribution in [2.24, 2.45) is 5.92 Å². The van der Waals surface area contributed by atoms with E-state index < -0.39 is 0 Å². The summed E-state index contributed by atoms with van der Waals surface area (Å²) >= 11 is 0. The minimum absolute atomic E-state index is 0.00564. The fourth-order valence-electron chi connectivity index (χ4n) is 5.58. The van der Waals surface area contributed by atoms with Crippen molar-refractivity contribution in [1.82, 2.24) is 10.2 Å². The SMILES string of the molecule is CCCCCCCCCCCCCCN(CCCCCCCC(=O)OCCCCC)CCC1CCNC1. The summed E-state index contributed by atoms with van der Waals surface area (Å²) in [6.07, 6.45) is 29.8. The molecular weight excluding hydrogens is 456 g/mol. The van der Waals surface area contributed by atoms with Crippen LogP contribution in [0.25, 0.3) is 0 Å². The van der Waals surface area contributed by atoms with Crippen LogP contribution in [0, 0.1) is 5.92 Å². The summed E-state index contributed by atoms with van der Waals surface area (Å²) in [5, 5.41) is 3.53. The van der Waals surface area contributed by atoms with Crippen LogP contribution in [0.15, 0.2) is 0 Å². The molecule has 1 aliphatic heterocycles.